The zero-order chi connectivity index (χ0) is 12.1. The van der Waals surface area contributed by atoms with Gasteiger partial charge in [-0.3, -0.25) is 0 Å². The van der Waals surface area contributed by atoms with Crippen LogP contribution >= 0.6 is 0 Å². The third-order valence-corrected chi connectivity index (χ3v) is 2.75. The molecule has 2 nitrogen and oxygen atoms in total. The first-order valence-corrected chi connectivity index (χ1v) is 5.90. The first-order chi connectivity index (χ1) is 7.54. The SMILES string of the molecule is CNC(COC(C)C)c1cc(C)ccc1C. The van der Waals surface area contributed by atoms with Crippen LogP contribution in [-0.4, -0.2) is 19.8 Å². The van der Waals surface area contributed by atoms with E-state index in [9.17, 15) is 0 Å². The van der Waals surface area contributed by atoms with Gasteiger partial charge in [-0.15, -0.1) is 0 Å². The Balaban J connectivity index is 2.81. The maximum atomic E-state index is 5.68. The van der Waals surface area contributed by atoms with Crippen LogP contribution in [0.4, 0.5) is 0 Å². The van der Waals surface area contributed by atoms with Crippen LogP contribution in [0, 0.1) is 13.8 Å². The number of ether oxygens (including phenoxy) is 1. The van der Waals surface area contributed by atoms with Gasteiger partial charge in [0.25, 0.3) is 0 Å². The van der Waals surface area contributed by atoms with E-state index in [1.54, 1.807) is 0 Å². The van der Waals surface area contributed by atoms with Crippen LogP contribution in [0.25, 0.3) is 0 Å². The fraction of sp³-hybridized carbons (Fsp3) is 0.571. The van der Waals surface area contributed by atoms with Gasteiger partial charge in [-0.1, -0.05) is 23.8 Å². The Hall–Kier alpha value is -0.860. The van der Waals surface area contributed by atoms with Gasteiger partial charge in [0.15, 0.2) is 0 Å². The van der Waals surface area contributed by atoms with E-state index in [0.29, 0.717) is 0 Å². The van der Waals surface area contributed by atoms with Gasteiger partial charge < -0.3 is 10.1 Å². The van der Waals surface area contributed by atoms with E-state index in [-0.39, 0.29) is 12.1 Å². The number of rotatable bonds is 5. The molecule has 2 heteroatoms. The molecule has 1 atom stereocenters. The highest BCUT2D eigenvalue weighted by atomic mass is 16.5. The molecule has 0 aromatic heterocycles. The molecule has 0 aliphatic heterocycles. The van der Waals surface area contributed by atoms with Crippen molar-refractivity contribution in [2.24, 2.45) is 0 Å². The summed E-state index contributed by atoms with van der Waals surface area (Å²) in [5, 5.41) is 3.32. The molecule has 90 valence electrons. The number of aryl methyl sites for hydroxylation is 2. The quantitative estimate of drug-likeness (QED) is 0.825. The van der Waals surface area contributed by atoms with Crippen molar-refractivity contribution in [2.45, 2.75) is 39.8 Å². The van der Waals surface area contributed by atoms with Gasteiger partial charge in [0.05, 0.1) is 18.8 Å². The normalized spacial score (nSPS) is 13.1. The average molecular weight is 221 g/mol. The van der Waals surface area contributed by atoms with Crippen molar-refractivity contribution in [3.8, 4) is 0 Å². The summed E-state index contributed by atoms with van der Waals surface area (Å²) in [5.74, 6) is 0. The van der Waals surface area contributed by atoms with Gasteiger partial charge in [-0.25, -0.2) is 0 Å². The summed E-state index contributed by atoms with van der Waals surface area (Å²) in [5.41, 5.74) is 3.95. The van der Waals surface area contributed by atoms with Crippen LogP contribution < -0.4 is 5.32 Å². The Morgan fingerprint density at radius 3 is 2.50 bits per heavy atom. The molecule has 0 bridgehead atoms. The zero-order valence-electron chi connectivity index (χ0n) is 11.0. The Bertz CT molecular complexity index is 334. The summed E-state index contributed by atoms with van der Waals surface area (Å²) < 4.78 is 5.68. The molecule has 16 heavy (non-hydrogen) atoms. The monoisotopic (exact) mass is 221 g/mol. The Morgan fingerprint density at radius 2 is 1.94 bits per heavy atom. The topological polar surface area (TPSA) is 21.3 Å². The lowest BCUT2D eigenvalue weighted by molar-refractivity contribution is 0.0625. The first-order valence-electron chi connectivity index (χ1n) is 5.90. The summed E-state index contributed by atoms with van der Waals surface area (Å²) in [7, 11) is 1.98. The van der Waals surface area contributed by atoms with Crippen LogP contribution in [0.5, 0.6) is 0 Å². The number of hydrogen-bond acceptors (Lipinski definition) is 2. The molecule has 0 amide bonds. The molecule has 0 radical (unpaired) electrons. The van der Waals surface area contributed by atoms with Crippen molar-refractivity contribution in [3.63, 3.8) is 0 Å². The summed E-state index contributed by atoms with van der Waals surface area (Å²) in [6, 6.07) is 6.83. The first kappa shape index (κ1) is 13.2. The van der Waals surface area contributed by atoms with Crippen LogP contribution in [0.3, 0.4) is 0 Å². The zero-order valence-corrected chi connectivity index (χ0v) is 11.0. The van der Waals surface area contributed by atoms with Crippen molar-refractivity contribution in [1.82, 2.24) is 5.32 Å². The van der Waals surface area contributed by atoms with E-state index in [2.05, 4.69) is 51.2 Å². The van der Waals surface area contributed by atoms with E-state index in [1.165, 1.54) is 16.7 Å². The molecule has 0 aliphatic carbocycles. The van der Waals surface area contributed by atoms with Gasteiger partial charge in [0, 0.05) is 0 Å². The second-order valence-corrected chi connectivity index (χ2v) is 4.58. The van der Waals surface area contributed by atoms with E-state index < -0.39 is 0 Å². The molecule has 0 aliphatic rings. The number of nitrogens with one attached hydrogen (secondary N) is 1. The predicted molar refractivity (Wildman–Crippen MR) is 68.8 cm³/mol. The molecule has 1 aromatic carbocycles. The molecule has 1 unspecified atom stereocenters. The summed E-state index contributed by atoms with van der Waals surface area (Å²) in [4.78, 5) is 0. The largest absolute Gasteiger partial charge is 0.377 e. The number of hydrogen-bond donors (Lipinski definition) is 1. The van der Waals surface area contributed by atoms with Crippen LogP contribution in [0.2, 0.25) is 0 Å². The van der Waals surface area contributed by atoms with Gasteiger partial charge in [0.1, 0.15) is 0 Å². The van der Waals surface area contributed by atoms with E-state index in [0.717, 1.165) is 6.61 Å². The molecule has 0 saturated carbocycles. The minimum atomic E-state index is 0.279. The van der Waals surface area contributed by atoms with Crippen molar-refractivity contribution >= 4 is 0 Å². The highest BCUT2D eigenvalue weighted by molar-refractivity contribution is 5.33. The second-order valence-electron chi connectivity index (χ2n) is 4.58. The van der Waals surface area contributed by atoms with E-state index in [1.807, 2.05) is 7.05 Å². The maximum absolute atomic E-state index is 5.68. The average Bonchev–Trinajstić information content (AvgIpc) is 2.23. The van der Waals surface area contributed by atoms with E-state index in [4.69, 9.17) is 4.74 Å². The molecule has 0 heterocycles. The van der Waals surface area contributed by atoms with Crippen molar-refractivity contribution in [2.75, 3.05) is 13.7 Å². The highest BCUT2D eigenvalue weighted by Gasteiger charge is 2.12. The summed E-state index contributed by atoms with van der Waals surface area (Å²) in [6.45, 7) is 9.12. The molecule has 0 spiro atoms. The maximum Gasteiger partial charge on any atom is 0.0664 e. The van der Waals surface area contributed by atoms with E-state index >= 15 is 0 Å². The molecule has 0 saturated heterocycles. The third kappa shape index (κ3) is 3.62. The van der Waals surface area contributed by atoms with Crippen molar-refractivity contribution < 1.29 is 4.74 Å². The molecule has 1 aromatic rings. The molecular weight excluding hydrogens is 198 g/mol. The predicted octanol–water partition coefficient (Wildman–Crippen LogP) is 2.99. The lowest BCUT2D eigenvalue weighted by Gasteiger charge is -2.20. The molecule has 1 N–H and O–H groups in total. The van der Waals surface area contributed by atoms with Gasteiger partial charge >= 0.3 is 0 Å². The second kappa shape index (κ2) is 6.02. The minimum absolute atomic E-state index is 0.279. The number of benzene rings is 1. The van der Waals surface area contributed by atoms with Crippen LogP contribution in [0.15, 0.2) is 18.2 Å². The Kier molecular flexibility index (Phi) is 4.97. The fourth-order valence-corrected chi connectivity index (χ4v) is 1.75. The smallest absolute Gasteiger partial charge is 0.0664 e. The molecular formula is C14H23NO. The van der Waals surface area contributed by atoms with Gasteiger partial charge in [0.2, 0.25) is 0 Å². The lowest BCUT2D eigenvalue weighted by atomic mass is 9.99. The van der Waals surface area contributed by atoms with Gasteiger partial charge in [-0.05, 0) is 45.9 Å². The summed E-state index contributed by atoms with van der Waals surface area (Å²) >= 11 is 0. The summed E-state index contributed by atoms with van der Waals surface area (Å²) in [6.07, 6.45) is 0.279. The standard InChI is InChI=1S/C14H23NO/c1-10(2)16-9-14(15-5)13-8-11(3)6-7-12(13)4/h6-8,10,14-15H,9H2,1-5H3. The minimum Gasteiger partial charge on any atom is -0.377 e. The molecule has 0 fully saturated rings. The van der Waals surface area contributed by atoms with Crippen LogP contribution in [-0.2, 0) is 4.74 Å². The highest BCUT2D eigenvalue weighted by Crippen LogP contribution is 2.19. The number of likely N-dealkylation sites (N-methyl/N-ethyl adjacent to an activating group) is 1. The Morgan fingerprint density at radius 1 is 1.25 bits per heavy atom. The van der Waals surface area contributed by atoms with Crippen molar-refractivity contribution in [1.29, 1.82) is 0 Å². The fourth-order valence-electron chi connectivity index (χ4n) is 1.75. The lowest BCUT2D eigenvalue weighted by Crippen LogP contribution is -2.24. The Labute approximate surface area is 99.0 Å². The van der Waals surface area contributed by atoms with Crippen molar-refractivity contribution in [3.05, 3.63) is 34.9 Å². The van der Waals surface area contributed by atoms with Gasteiger partial charge in [-0.2, -0.15) is 0 Å². The molecule has 1 rings (SSSR count). The third-order valence-electron chi connectivity index (χ3n) is 2.75. The van der Waals surface area contributed by atoms with Crippen LogP contribution in [0.1, 0.15) is 36.6 Å².